The summed E-state index contributed by atoms with van der Waals surface area (Å²) in [5, 5.41) is 25.7. The van der Waals surface area contributed by atoms with Crippen LogP contribution in [0.4, 0.5) is 0 Å². The SMILES string of the molecule is CCC(C)C(NC(=O)C(CS)NC(=O)C(C)NC(=O)C(N)C(C)O)C(=O)O. The highest BCUT2D eigenvalue weighted by molar-refractivity contribution is 7.80. The van der Waals surface area contributed by atoms with E-state index in [2.05, 4.69) is 28.6 Å². The molecule has 0 saturated heterocycles. The summed E-state index contributed by atoms with van der Waals surface area (Å²) in [6.45, 7) is 6.21. The van der Waals surface area contributed by atoms with Crippen molar-refractivity contribution in [3.63, 3.8) is 0 Å². The highest BCUT2D eigenvalue weighted by Crippen LogP contribution is 2.08. The lowest BCUT2D eigenvalue weighted by molar-refractivity contribution is -0.143. The van der Waals surface area contributed by atoms with Crippen LogP contribution in [0.1, 0.15) is 34.1 Å². The molecule has 6 atom stereocenters. The van der Waals surface area contributed by atoms with Crippen molar-refractivity contribution >= 4 is 36.3 Å². The molecular weight excluding hydrogens is 376 g/mol. The number of carbonyl (C=O) groups is 4. The van der Waals surface area contributed by atoms with Crippen LogP contribution in [0.3, 0.4) is 0 Å². The largest absolute Gasteiger partial charge is 0.480 e. The number of hydrogen-bond donors (Lipinski definition) is 7. The molecule has 3 amide bonds. The number of thiol groups is 1. The molecule has 156 valence electrons. The third-order valence-corrected chi connectivity index (χ3v) is 4.53. The lowest BCUT2D eigenvalue weighted by atomic mass is 9.99. The zero-order chi connectivity index (χ0) is 21.3. The highest BCUT2D eigenvalue weighted by Gasteiger charge is 2.30. The van der Waals surface area contributed by atoms with Crippen molar-refractivity contribution in [3.05, 3.63) is 0 Å². The van der Waals surface area contributed by atoms with Gasteiger partial charge in [-0.2, -0.15) is 12.6 Å². The molecule has 0 bridgehead atoms. The number of aliphatic hydroxyl groups excluding tert-OH is 1. The maximum Gasteiger partial charge on any atom is 0.326 e. The van der Waals surface area contributed by atoms with E-state index in [9.17, 15) is 29.4 Å². The number of carboxylic acid groups (broad SMARTS) is 1. The fraction of sp³-hybridized carbons (Fsp3) is 0.750. The van der Waals surface area contributed by atoms with Crippen LogP contribution in [-0.2, 0) is 19.2 Å². The van der Waals surface area contributed by atoms with Crippen molar-refractivity contribution in [2.45, 2.75) is 64.4 Å². The van der Waals surface area contributed by atoms with E-state index in [1.807, 2.05) is 0 Å². The van der Waals surface area contributed by atoms with Crippen LogP contribution in [0.25, 0.3) is 0 Å². The Morgan fingerprint density at radius 3 is 1.96 bits per heavy atom. The first-order chi connectivity index (χ1) is 12.5. The molecular formula is C16H30N4O6S. The van der Waals surface area contributed by atoms with Crippen molar-refractivity contribution in [2.75, 3.05) is 5.75 Å². The summed E-state index contributed by atoms with van der Waals surface area (Å²) in [5.41, 5.74) is 5.48. The van der Waals surface area contributed by atoms with Crippen LogP contribution >= 0.6 is 12.6 Å². The molecule has 0 aromatic carbocycles. The maximum atomic E-state index is 12.3. The van der Waals surface area contributed by atoms with E-state index in [1.54, 1.807) is 13.8 Å². The van der Waals surface area contributed by atoms with Gasteiger partial charge in [0.25, 0.3) is 0 Å². The number of aliphatic hydroxyl groups is 1. The summed E-state index contributed by atoms with van der Waals surface area (Å²) in [6, 6.07) is -4.40. The molecule has 6 unspecified atom stereocenters. The minimum Gasteiger partial charge on any atom is -0.480 e. The quantitative estimate of drug-likeness (QED) is 0.199. The third-order valence-electron chi connectivity index (χ3n) is 4.17. The molecule has 0 aliphatic rings. The maximum absolute atomic E-state index is 12.3. The van der Waals surface area contributed by atoms with Crippen molar-refractivity contribution in [3.8, 4) is 0 Å². The zero-order valence-corrected chi connectivity index (χ0v) is 16.8. The summed E-state index contributed by atoms with van der Waals surface area (Å²) in [4.78, 5) is 47.6. The van der Waals surface area contributed by atoms with E-state index in [4.69, 9.17) is 5.73 Å². The summed E-state index contributed by atoms with van der Waals surface area (Å²) >= 11 is 4.01. The second-order valence-corrected chi connectivity index (χ2v) is 6.82. The normalized spacial score (nSPS) is 17.6. The average Bonchev–Trinajstić information content (AvgIpc) is 2.61. The summed E-state index contributed by atoms with van der Waals surface area (Å²) in [6.07, 6.45) is -0.549. The van der Waals surface area contributed by atoms with E-state index in [1.165, 1.54) is 13.8 Å². The van der Waals surface area contributed by atoms with Gasteiger partial charge in [0.05, 0.1) is 6.10 Å². The molecule has 0 saturated carbocycles. The Labute approximate surface area is 164 Å². The van der Waals surface area contributed by atoms with Crippen molar-refractivity contribution < 1.29 is 29.4 Å². The van der Waals surface area contributed by atoms with Crippen LogP contribution in [0.2, 0.25) is 0 Å². The van der Waals surface area contributed by atoms with Gasteiger partial charge in [-0.15, -0.1) is 0 Å². The monoisotopic (exact) mass is 406 g/mol. The molecule has 7 N–H and O–H groups in total. The molecule has 0 heterocycles. The van der Waals surface area contributed by atoms with E-state index >= 15 is 0 Å². The lowest BCUT2D eigenvalue weighted by Crippen LogP contribution is -2.58. The fourth-order valence-corrected chi connectivity index (χ4v) is 2.28. The molecule has 27 heavy (non-hydrogen) atoms. The van der Waals surface area contributed by atoms with E-state index in [-0.39, 0.29) is 11.7 Å². The number of rotatable bonds is 11. The van der Waals surface area contributed by atoms with Gasteiger partial charge >= 0.3 is 5.97 Å². The van der Waals surface area contributed by atoms with Gasteiger partial charge in [0.2, 0.25) is 17.7 Å². The van der Waals surface area contributed by atoms with Crippen molar-refractivity contribution in [1.82, 2.24) is 16.0 Å². The third kappa shape index (κ3) is 8.14. The Morgan fingerprint density at radius 2 is 1.56 bits per heavy atom. The minimum atomic E-state index is -1.20. The number of nitrogens with two attached hydrogens (primary N) is 1. The van der Waals surface area contributed by atoms with Gasteiger partial charge in [-0.25, -0.2) is 4.79 Å². The van der Waals surface area contributed by atoms with E-state index in [0.717, 1.165) is 0 Å². The van der Waals surface area contributed by atoms with Crippen LogP contribution in [0.5, 0.6) is 0 Å². The lowest BCUT2D eigenvalue weighted by Gasteiger charge is -2.25. The first-order valence-corrected chi connectivity index (χ1v) is 9.27. The number of amides is 3. The Morgan fingerprint density at radius 1 is 1.00 bits per heavy atom. The standard InChI is InChI=1S/C16H30N4O6S/c1-5-7(2)12(16(25)26)20-14(23)10(6-27)19-13(22)8(3)18-15(24)11(17)9(4)21/h7-12,21,27H,5-6,17H2,1-4H3,(H,18,24)(H,19,22)(H,20,23)(H,25,26). The molecule has 0 aliphatic heterocycles. The Kier molecular flexibility index (Phi) is 11.0. The Balaban J connectivity index is 4.89. The summed E-state index contributed by atoms with van der Waals surface area (Å²) in [7, 11) is 0. The van der Waals surface area contributed by atoms with E-state index < -0.39 is 54.0 Å². The van der Waals surface area contributed by atoms with Crippen LogP contribution in [0, 0.1) is 5.92 Å². The Hall–Kier alpha value is -1.85. The van der Waals surface area contributed by atoms with Gasteiger partial charge in [-0.05, 0) is 19.8 Å². The zero-order valence-electron chi connectivity index (χ0n) is 15.9. The second-order valence-electron chi connectivity index (χ2n) is 6.45. The number of carbonyl (C=O) groups excluding carboxylic acids is 3. The predicted octanol–water partition coefficient (Wildman–Crippen LogP) is -1.77. The topological polar surface area (TPSA) is 171 Å². The first kappa shape index (κ1) is 25.1. The first-order valence-electron chi connectivity index (χ1n) is 8.64. The smallest absolute Gasteiger partial charge is 0.326 e. The van der Waals surface area contributed by atoms with Crippen LogP contribution < -0.4 is 21.7 Å². The van der Waals surface area contributed by atoms with Gasteiger partial charge in [0, 0.05) is 5.75 Å². The van der Waals surface area contributed by atoms with Gasteiger partial charge in [0.15, 0.2) is 0 Å². The van der Waals surface area contributed by atoms with Gasteiger partial charge in [-0.3, -0.25) is 14.4 Å². The van der Waals surface area contributed by atoms with Crippen molar-refractivity contribution in [1.29, 1.82) is 0 Å². The number of carboxylic acids is 1. The summed E-state index contributed by atoms with van der Waals surface area (Å²) < 4.78 is 0. The molecule has 0 rings (SSSR count). The van der Waals surface area contributed by atoms with Crippen molar-refractivity contribution in [2.24, 2.45) is 11.7 Å². The molecule has 0 radical (unpaired) electrons. The molecule has 11 heteroatoms. The molecule has 0 aliphatic carbocycles. The summed E-state index contributed by atoms with van der Waals surface area (Å²) in [5.74, 6) is -3.63. The molecule has 10 nitrogen and oxygen atoms in total. The van der Waals surface area contributed by atoms with Gasteiger partial charge < -0.3 is 31.9 Å². The molecule has 0 fully saturated rings. The molecule has 0 spiro atoms. The Bertz CT molecular complexity index is 545. The fourth-order valence-electron chi connectivity index (χ4n) is 2.02. The second kappa shape index (κ2) is 11.8. The number of nitrogens with one attached hydrogen (secondary N) is 3. The number of hydrogen-bond acceptors (Lipinski definition) is 7. The number of aliphatic carboxylic acids is 1. The average molecular weight is 407 g/mol. The van der Waals surface area contributed by atoms with E-state index in [0.29, 0.717) is 6.42 Å². The minimum absolute atomic E-state index is 0.0712. The predicted molar refractivity (Wildman–Crippen MR) is 102 cm³/mol. The molecule has 0 aromatic heterocycles. The van der Waals surface area contributed by atoms with Crippen LogP contribution in [-0.4, -0.2) is 69.9 Å². The highest BCUT2D eigenvalue weighted by atomic mass is 32.1. The van der Waals surface area contributed by atoms with Gasteiger partial charge in [-0.1, -0.05) is 20.3 Å². The van der Waals surface area contributed by atoms with Crippen LogP contribution in [0.15, 0.2) is 0 Å². The molecule has 0 aromatic rings. The van der Waals surface area contributed by atoms with Gasteiger partial charge in [0.1, 0.15) is 24.2 Å².